The Morgan fingerprint density at radius 1 is 1.75 bits per heavy atom. The van der Waals surface area contributed by atoms with Crippen molar-refractivity contribution in [1.29, 1.82) is 0 Å². The van der Waals surface area contributed by atoms with Gasteiger partial charge in [-0.05, 0) is 13.8 Å². The zero-order valence-electron chi connectivity index (χ0n) is 4.84. The number of hydrogen-bond acceptors (Lipinski definition) is 3. The van der Waals surface area contributed by atoms with Crippen molar-refractivity contribution in [3.8, 4) is 0 Å². The molecule has 0 aliphatic carbocycles. The highest BCUT2D eigenvalue weighted by atomic mass is 32.1. The molecule has 0 amide bonds. The molecule has 1 atom stereocenters. The Hall–Kier alpha value is 0.110. The molecule has 0 spiro atoms. The molecule has 0 saturated carbocycles. The Morgan fingerprint density at radius 3 is 2.12 bits per heavy atom. The van der Waals surface area contributed by atoms with Crippen LogP contribution in [0.15, 0.2) is 0 Å². The highest BCUT2D eigenvalue weighted by Crippen LogP contribution is 1.95. The van der Waals surface area contributed by atoms with Gasteiger partial charge in [-0.1, -0.05) is 12.2 Å². The summed E-state index contributed by atoms with van der Waals surface area (Å²) >= 11 is 8.49. The summed E-state index contributed by atoms with van der Waals surface area (Å²) in [7, 11) is 0. The lowest BCUT2D eigenvalue weighted by molar-refractivity contribution is -0.112. The van der Waals surface area contributed by atoms with E-state index in [9.17, 15) is 4.79 Å². The fourth-order valence-electron chi connectivity index (χ4n) is 0.294. The van der Waals surface area contributed by atoms with Gasteiger partial charge in [0, 0.05) is 0 Å². The van der Waals surface area contributed by atoms with E-state index in [0.29, 0.717) is 4.86 Å². The molecule has 0 heterocycles. The van der Waals surface area contributed by atoms with Crippen molar-refractivity contribution in [3.63, 3.8) is 0 Å². The molecule has 0 aromatic heterocycles. The molecule has 0 aromatic carbocycles. The molecule has 0 radical (unpaired) electrons. The molecule has 0 bridgehead atoms. The average Bonchev–Trinajstić information content (AvgIpc) is 1.64. The Balaban J connectivity index is 3.84. The summed E-state index contributed by atoms with van der Waals surface area (Å²) in [6, 6.07) is 0. The van der Waals surface area contributed by atoms with Crippen molar-refractivity contribution in [2.45, 2.75) is 19.1 Å². The first-order valence-electron chi connectivity index (χ1n) is 2.28. The Labute approximate surface area is 59.9 Å². The highest BCUT2D eigenvalue weighted by Gasteiger charge is 2.08. The smallest absolute Gasteiger partial charge is 0.181 e. The minimum Gasteiger partial charge on any atom is -0.292 e. The van der Waals surface area contributed by atoms with E-state index in [2.05, 4.69) is 24.8 Å². The molecule has 8 heavy (non-hydrogen) atoms. The van der Waals surface area contributed by atoms with Crippen LogP contribution in [0.2, 0.25) is 0 Å². The van der Waals surface area contributed by atoms with Crippen LogP contribution in [-0.2, 0) is 4.79 Å². The summed E-state index contributed by atoms with van der Waals surface area (Å²) in [6.07, 6.45) is 0. The van der Waals surface area contributed by atoms with E-state index in [1.807, 2.05) is 0 Å². The maximum Gasteiger partial charge on any atom is 0.181 e. The lowest BCUT2D eigenvalue weighted by Gasteiger charge is -1.97. The summed E-state index contributed by atoms with van der Waals surface area (Å²) in [5, 5.41) is -0.243. The van der Waals surface area contributed by atoms with Crippen molar-refractivity contribution in [2.24, 2.45) is 0 Å². The Bertz CT molecular complexity index is 118. The molecule has 1 unspecified atom stereocenters. The van der Waals surface area contributed by atoms with Gasteiger partial charge in [-0.2, -0.15) is 12.6 Å². The lowest BCUT2D eigenvalue weighted by Crippen LogP contribution is -2.16. The van der Waals surface area contributed by atoms with Crippen LogP contribution in [0.1, 0.15) is 13.8 Å². The molecule has 0 fully saturated rings. The van der Waals surface area contributed by atoms with Crippen molar-refractivity contribution in [3.05, 3.63) is 0 Å². The first-order valence-corrected chi connectivity index (χ1v) is 3.21. The van der Waals surface area contributed by atoms with Gasteiger partial charge in [0.1, 0.15) is 0 Å². The minimum absolute atomic E-state index is 0.0525. The summed E-state index contributed by atoms with van der Waals surface area (Å²) in [4.78, 5) is 11.0. The molecule has 46 valence electrons. The predicted molar refractivity (Wildman–Crippen MR) is 41.7 cm³/mol. The molecule has 3 heteroatoms. The zero-order chi connectivity index (χ0) is 6.73. The molecule has 1 nitrogen and oxygen atoms in total. The second kappa shape index (κ2) is 3.20. The quantitative estimate of drug-likeness (QED) is 0.469. The Morgan fingerprint density at radius 2 is 2.12 bits per heavy atom. The van der Waals surface area contributed by atoms with Crippen LogP contribution in [0.4, 0.5) is 0 Å². The number of carbonyl (C=O) groups is 1. The summed E-state index contributed by atoms with van der Waals surface area (Å²) in [6.45, 7) is 3.33. The van der Waals surface area contributed by atoms with Gasteiger partial charge in [-0.15, -0.1) is 0 Å². The van der Waals surface area contributed by atoms with Crippen LogP contribution >= 0.6 is 24.8 Å². The van der Waals surface area contributed by atoms with Crippen LogP contribution in [-0.4, -0.2) is 15.9 Å². The van der Waals surface area contributed by atoms with Crippen molar-refractivity contribution < 1.29 is 4.79 Å². The van der Waals surface area contributed by atoms with Gasteiger partial charge in [0.2, 0.25) is 0 Å². The number of hydrogen-bond donors (Lipinski definition) is 1. The predicted octanol–water partition coefficient (Wildman–Crippen LogP) is 1.26. The number of rotatable bonds is 2. The SMILES string of the molecule is CC(=S)C(=O)C(C)S. The van der Waals surface area contributed by atoms with E-state index in [1.54, 1.807) is 13.8 Å². The van der Waals surface area contributed by atoms with Gasteiger partial charge in [0.25, 0.3) is 0 Å². The number of Topliss-reactive ketones (excluding diaryl/α,β-unsaturated/α-hetero) is 1. The lowest BCUT2D eigenvalue weighted by atomic mass is 10.2. The maximum absolute atomic E-state index is 10.6. The van der Waals surface area contributed by atoms with Crippen molar-refractivity contribution in [1.82, 2.24) is 0 Å². The van der Waals surface area contributed by atoms with Gasteiger partial charge < -0.3 is 0 Å². The largest absolute Gasteiger partial charge is 0.292 e. The van der Waals surface area contributed by atoms with E-state index in [4.69, 9.17) is 0 Å². The molecular weight excluding hydrogens is 140 g/mol. The highest BCUT2D eigenvalue weighted by molar-refractivity contribution is 7.84. The van der Waals surface area contributed by atoms with E-state index in [1.165, 1.54) is 0 Å². The van der Waals surface area contributed by atoms with Gasteiger partial charge in [-0.25, -0.2) is 0 Å². The normalized spacial score (nSPS) is 12.9. The molecule has 0 N–H and O–H groups in total. The molecule has 0 aliphatic heterocycles. The second-order valence-corrected chi connectivity index (χ2v) is 2.98. The molecule has 0 rings (SSSR count). The van der Waals surface area contributed by atoms with Crippen LogP contribution < -0.4 is 0 Å². The van der Waals surface area contributed by atoms with E-state index in [0.717, 1.165) is 0 Å². The number of ketones is 1. The maximum atomic E-state index is 10.6. The van der Waals surface area contributed by atoms with Crippen LogP contribution in [0.25, 0.3) is 0 Å². The molecule has 0 saturated heterocycles. The molecular formula is C5H8OS2. The zero-order valence-corrected chi connectivity index (χ0v) is 6.55. The van der Waals surface area contributed by atoms with Crippen molar-refractivity contribution in [2.75, 3.05) is 0 Å². The van der Waals surface area contributed by atoms with Crippen molar-refractivity contribution >= 4 is 35.5 Å². The first-order chi connectivity index (χ1) is 3.55. The minimum atomic E-state index is -0.243. The van der Waals surface area contributed by atoms with E-state index >= 15 is 0 Å². The van der Waals surface area contributed by atoms with E-state index in [-0.39, 0.29) is 11.0 Å². The summed E-state index contributed by atoms with van der Waals surface area (Å²) in [5.74, 6) is -0.0525. The molecule has 0 aliphatic rings. The van der Waals surface area contributed by atoms with Crippen LogP contribution in [0.5, 0.6) is 0 Å². The summed E-state index contributed by atoms with van der Waals surface area (Å²) < 4.78 is 0. The van der Waals surface area contributed by atoms with E-state index < -0.39 is 0 Å². The first kappa shape index (κ1) is 8.11. The monoisotopic (exact) mass is 148 g/mol. The number of carbonyl (C=O) groups excluding carboxylic acids is 1. The van der Waals surface area contributed by atoms with Gasteiger partial charge >= 0.3 is 0 Å². The van der Waals surface area contributed by atoms with Gasteiger partial charge in [0.15, 0.2) is 5.78 Å². The second-order valence-electron chi connectivity index (χ2n) is 1.60. The third kappa shape index (κ3) is 2.43. The average molecular weight is 148 g/mol. The third-order valence-electron chi connectivity index (χ3n) is 0.726. The van der Waals surface area contributed by atoms with Crippen LogP contribution in [0, 0.1) is 0 Å². The fraction of sp³-hybridized carbons (Fsp3) is 0.600. The number of thiocarbonyl (C=S) groups is 1. The third-order valence-corrected chi connectivity index (χ3v) is 1.16. The van der Waals surface area contributed by atoms with Crippen LogP contribution in [0.3, 0.4) is 0 Å². The topological polar surface area (TPSA) is 17.1 Å². The summed E-state index contributed by atoms with van der Waals surface area (Å²) in [5.41, 5.74) is 0. The van der Waals surface area contributed by atoms with Gasteiger partial charge in [0.05, 0.1) is 10.1 Å². The Kier molecular flexibility index (Phi) is 3.24. The van der Waals surface area contributed by atoms with Gasteiger partial charge in [-0.3, -0.25) is 4.79 Å². The molecule has 0 aromatic rings. The standard InChI is InChI=1S/C5H8OS2/c1-3(7)5(6)4(2)8/h3,7H,1-2H3. The number of thiol groups is 1. The fourth-order valence-corrected chi connectivity index (χ4v) is 0.752.